The van der Waals surface area contributed by atoms with Crippen LogP contribution in [0.2, 0.25) is 0 Å². The van der Waals surface area contributed by atoms with Crippen molar-refractivity contribution in [2.24, 2.45) is 0 Å². The molecule has 0 unspecified atom stereocenters. The van der Waals surface area contributed by atoms with Gasteiger partial charge in [0.15, 0.2) is 5.78 Å². The van der Waals surface area contributed by atoms with E-state index in [2.05, 4.69) is 5.32 Å². The largest absolute Gasteiger partial charge is 0.478 e. The summed E-state index contributed by atoms with van der Waals surface area (Å²) in [5, 5.41) is 31.8. The SMILES string of the molecule is O=C(Nc1ccc(C(=O)c2ccc(C(=O)O)c(C(=O)O)c2)cc1)c1ccc(Oc2ccc([N+](=O)[O-])cc2)cc1. The lowest BCUT2D eigenvalue weighted by molar-refractivity contribution is -0.384. The van der Waals surface area contributed by atoms with Gasteiger partial charge < -0.3 is 20.3 Å². The number of nitro benzene ring substituents is 1. The summed E-state index contributed by atoms with van der Waals surface area (Å²) < 4.78 is 5.63. The Labute approximate surface area is 220 Å². The van der Waals surface area contributed by atoms with Crippen LogP contribution in [0.3, 0.4) is 0 Å². The molecule has 0 aliphatic heterocycles. The average Bonchev–Trinajstić information content (AvgIpc) is 2.93. The number of rotatable bonds is 9. The number of hydrogen-bond acceptors (Lipinski definition) is 7. The van der Waals surface area contributed by atoms with Crippen LogP contribution in [-0.2, 0) is 0 Å². The van der Waals surface area contributed by atoms with Gasteiger partial charge in [-0.25, -0.2) is 9.59 Å². The summed E-state index contributed by atoms with van der Waals surface area (Å²) >= 11 is 0. The van der Waals surface area contributed by atoms with Crippen molar-refractivity contribution in [3.8, 4) is 11.5 Å². The summed E-state index contributed by atoms with van der Waals surface area (Å²) in [6.07, 6.45) is 0. The van der Waals surface area contributed by atoms with Crippen molar-refractivity contribution < 1.29 is 39.1 Å². The third kappa shape index (κ3) is 6.12. The molecule has 0 aliphatic carbocycles. The van der Waals surface area contributed by atoms with Gasteiger partial charge in [-0.15, -0.1) is 0 Å². The Morgan fingerprint density at radius 3 is 1.72 bits per heavy atom. The van der Waals surface area contributed by atoms with E-state index in [-0.39, 0.29) is 16.8 Å². The molecule has 4 aromatic carbocycles. The number of nitrogens with zero attached hydrogens (tertiary/aromatic N) is 1. The predicted molar refractivity (Wildman–Crippen MR) is 138 cm³/mol. The molecule has 194 valence electrons. The standard InChI is InChI=1S/C28H18N2O9/c31-25(18-5-14-23(27(33)34)24(15-18)28(35)36)16-1-6-19(7-2-16)29-26(32)17-3-10-21(11-4-17)39-22-12-8-20(9-13-22)30(37)38/h1-15H,(H,29,32)(H,33,34)(H,35,36). The summed E-state index contributed by atoms with van der Waals surface area (Å²) in [4.78, 5) is 58.3. The molecule has 0 spiro atoms. The Morgan fingerprint density at radius 2 is 1.18 bits per heavy atom. The first-order chi connectivity index (χ1) is 18.6. The number of carbonyl (C=O) groups excluding carboxylic acids is 2. The van der Waals surface area contributed by atoms with E-state index in [1.54, 1.807) is 12.1 Å². The molecule has 0 aliphatic rings. The molecule has 4 rings (SSSR count). The zero-order valence-corrected chi connectivity index (χ0v) is 19.9. The smallest absolute Gasteiger partial charge is 0.336 e. The topological polar surface area (TPSA) is 173 Å². The van der Waals surface area contributed by atoms with Crippen molar-refractivity contribution in [1.82, 2.24) is 0 Å². The number of ether oxygens (including phenoxy) is 1. The molecule has 4 aromatic rings. The second-order valence-corrected chi connectivity index (χ2v) is 8.11. The van der Waals surface area contributed by atoms with Gasteiger partial charge in [0.1, 0.15) is 11.5 Å². The van der Waals surface area contributed by atoms with Gasteiger partial charge in [-0.3, -0.25) is 19.7 Å². The number of hydrogen-bond donors (Lipinski definition) is 3. The summed E-state index contributed by atoms with van der Waals surface area (Å²) in [7, 11) is 0. The third-order valence-corrected chi connectivity index (χ3v) is 5.55. The van der Waals surface area contributed by atoms with E-state index in [0.29, 0.717) is 22.7 Å². The van der Waals surface area contributed by atoms with Crippen molar-refractivity contribution in [2.75, 3.05) is 5.32 Å². The Bertz CT molecular complexity index is 1590. The van der Waals surface area contributed by atoms with Crippen molar-refractivity contribution in [3.05, 3.63) is 129 Å². The lowest BCUT2D eigenvalue weighted by Gasteiger charge is -2.09. The van der Waals surface area contributed by atoms with Crippen LogP contribution in [0.1, 0.15) is 47.0 Å². The van der Waals surface area contributed by atoms with Crippen LogP contribution >= 0.6 is 0 Å². The summed E-state index contributed by atoms with van der Waals surface area (Å²) in [6, 6.07) is 21.0. The van der Waals surface area contributed by atoms with Crippen LogP contribution in [0.4, 0.5) is 11.4 Å². The van der Waals surface area contributed by atoms with Gasteiger partial charge in [0.25, 0.3) is 11.6 Å². The van der Waals surface area contributed by atoms with Crippen LogP contribution in [0.5, 0.6) is 11.5 Å². The molecule has 0 heterocycles. The number of aromatic carboxylic acids is 2. The maximum atomic E-state index is 12.8. The zero-order valence-electron chi connectivity index (χ0n) is 19.9. The van der Waals surface area contributed by atoms with E-state index in [0.717, 1.165) is 12.1 Å². The minimum absolute atomic E-state index is 0.00483. The molecule has 0 bridgehead atoms. The number of ketones is 1. The minimum Gasteiger partial charge on any atom is -0.478 e. The molecule has 1 amide bonds. The molecule has 39 heavy (non-hydrogen) atoms. The number of carbonyl (C=O) groups is 4. The van der Waals surface area contributed by atoms with Gasteiger partial charge in [-0.05, 0) is 72.8 Å². The van der Waals surface area contributed by atoms with Crippen LogP contribution in [0, 0.1) is 10.1 Å². The van der Waals surface area contributed by atoms with E-state index >= 15 is 0 Å². The van der Waals surface area contributed by atoms with Gasteiger partial charge in [-0.2, -0.15) is 0 Å². The summed E-state index contributed by atoms with van der Waals surface area (Å²) in [5.41, 5.74) is -0.0514. The summed E-state index contributed by atoms with van der Waals surface area (Å²) in [5.74, 6) is -3.01. The zero-order chi connectivity index (χ0) is 28.1. The number of non-ortho nitro benzene ring substituents is 1. The molecule has 11 heteroatoms. The van der Waals surface area contributed by atoms with Gasteiger partial charge in [0.2, 0.25) is 0 Å². The van der Waals surface area contributed by atoms with Crippen LogP contribution in [0.25, 0.3) is 0 Å². The number of benzene rings is 4. The number of carboxylic acid groups (broad SMARTS) is 2. The van der Waals surface area contributed by atoms with Gasteiger partial charge >= 0.3 is 11.9 Å². The molecular weight excluding hydrogens is 508 g/mol. The molecule has 0 saturated carbocycles. The molecule has 11 nitrogen and oxygen atoms in total. The first kappa shape index (κ1) is 26.2. The lowest BCUT2D eigenvalue weighted by Crippen LogP contribution is -2.12. The maximum Gasteiger partial charge on any atom is 0.336 e. The Kier molecular flexibility index (Phi) is 7.43. The number of nitrogens with one attached hydrogen (secondary N) is 1. The quantitative estimate of drug-likeness (QED) is 0.149. The fraction of sp³-hybridized carbons (Fsp3) is 0. The highest BCUT2D eigenvalue weighted by atomic mass is 16.6. The molecular formula is C28H18N2O9. The Hall–Kier alpha value is -5.84. The number of amides is 1. The second kappa shape index (κ2) is 11.0. The van der Waals surface area contributed by atoms with Crippen LogP contribution in [-0.4, -0.2) is 38.8 Å². The predicted octanol–water partition coefficient (Wildman–Crippen LogP) is 5.27. The molecule has 0 fully saturated rings. The maximum absolute atomic E-state index is 12.8. The molecule has 3 N–H and O–H groups in total. The Balaban J connectivity index is 1.40. The van der Waals surface area contributed by atoms with Crippen molar-refractivity contribution in [3.63, 3.8) is 0 Å². The van der Waals surface area contributed by atoms with E-state index in [4.69, 9.17) is 9.84 Å². The van der Waals surface area contributed by atoms with Crippen LogP contribution in [0.15, 0.2) is 91.0 Å². The highest BCUT2D eigenvalue weighted by molar-refractivity contribution is 6.12. The van der Waals surface area contributed by atoms with E-state index < -0.39 is 39.7 Å². The number of nitro groups is 1. The highest BCUT2D eigenvalue weighted by Crippen LogP contribution is 2.24. The summed E-state index contributed by atoms with van der Waals surface area (Å²) in [6.45, 7) is 0. The van der Waals surface area contributed by atoms with Crippen molar-refractivity contribution >= 4 is 35.0 Å². The second-order valence-electron chi connectivity index (χ2n) is 8.11. The lowest BCUT2D eigenvalue weighted by atomic mass is 9.98. The Morgan fingerprint density at radius 1 is 0.667 bits per heavy atom. The molecule has 0 aromatic heterocycles. The van der Waals surface area contributed by atoms with Crippen molar-refractivity contribution in [1.29, 1.82) is 0 Å². The average molecular weight is 526 g/mol. The fourth-order valence-corrected chi connectivity index (χ4v) is 3.57. The van der Waals surface area contributed by atoms with E-state index in [1.807, 2.05) is 0 Å². The first-order valence-corrected chi connectivity index (χ1v) is 11.2. The first-order valence-electron chi connectivity index (χ1n) is 11.2. The molecule has 0 saturated heterocycles. The highest BCUT2D eigenvalue weighted by Gasteiger charge is 2.19. The van der Waals surface area contributed by atoms with E-state index in [1.165, 1.54) is 66.7 Å². The number of carboxylic acids is 2. The van der Waals surface area contributed by atoms with E-state index in [9.17, 15) is 34.4 Å². The normalized spacial score (nSPS) is 10.4. The van der Waals surface area contributed by atoms with Crippen molar-refractivity contribution in [2.45, 2.75) is 0 Å². The van der Waals surface area contributed by atoms with Crippen LogP contribution < -0.4 is 10.1 Å². The fourth-order valence-electron chi connectivity index (χ4n) is 3.57. The van der Waals surface area contributed by atoms with Gasteiger partial charge in [0, 0.05) is 34.5 Å². The third-order valence-electron chi connectivity index (χ3n) is 5.55. The molecule has 0 atom stereocenters. The monoisotopic (exact) mass is 526 g/mol. The van der Waals surface area contributed by atoms with Gasteiger partial charge in [0.05, 0.1) is 16.1 Å². The minimum atomic E-state index is -1.47. The molecule has 0 radical (unpaired) electrons. The number of anilines is 1. The van der Waals surface area contributed by atoms with Gasteiger partial charge in [-0.1, -0.05) is 6.07 Å².